The summed E-state index contributed by atoms with van der Waals surface area (Å²) in [5.74, 6) is -0.0806. The average Bonchev–Trinajstić information content (AvgIpc) is 2.43. The highest BCUT2D eigenvalue weighted by molar-refractivity contribution is 5.91. The first kappa shape index (κ1) is 13.8. The molecule has 0 atom stereocenters. The van der Waals surface area contributed by atoms with E-state index in [4.69, 9.17) is 6.57 Å². The van der Waals surface area contributed by atoms with Gasteiger partial charge in [-0.1, -0.05) is 18.2 Å². The highest BCUT2D eigenvalue weighted by Crippen LogP contribution is 2.26. The number of carbonyl (C=O) groups excluding carboxylic acids is 1. The van der Waals surface area contributed by atoms with Crippen molar-refractivity contribution in [1.29, 1.82) is 0 Å². The molecule has 2 rings (SSSR count). The molecule has 0 aliphatic heterocycles. The number of anilines is 1. The summed E-state index contributed by atoms with van der Waals surface area (Å²) in [7, 11) is 0. The van der Waals surface area contributed by atoms with Crippen LogP contribution in [0.5, 0.6) is 0 Å². The van der Waals surface area contributed by atoms with Gasteiger partial charge >= 0.3 is 0 Å². The van der Waals surface area contributed by atoms with Gasteiger partial charge in [0.1, 0.15) is 0 Å². The van der Waals surface area contributed by atoms with Gasteiger partial charge < -0.3 is 5.32 Å². The van der Waals surface area contributed by atoms with Crippen LogP contribution in [0.4, 0.5) is 11.4 Å². The Balaban J connectivity index is 2.15. The van der Waals surface area contributed by atoms with Crippen LogP contribution in [0, 0.1) is 20.4 Å². The van der Waals surface area contributed by atoms with Crippen molar-refractivity contribution >= 4 is 17.3 Å². The van der Waals surface area contributed by atoms with Crippen LogP contribution in [-0.4, -0.2) is 5.91 Å². The third kappa shape index (κ3) is 3.21. The maximum absolute atomic E-state index is 12.0. The molecule has 4 nitrogen and oxygen atoms in total. The highest BCUT2D eigenvalue weighted by atomic mass is 16.1. The Morgan fingerprint density at radius 1 is 1.20 bits per heavy atom. The van der Waals surface area contributed by atoms with Crippen molar-refractivity contribution in [3.63, 3.8) is 0 Å². The van der Waals surface area contributed by atoms with Crippen molar-refractivity contribution < 1.29 is 9.36 Å². The molecule has 0 saturated heterocycles. The number of nitrogens with one attached hydrogen (secondary N) is 1. The lowest BCUT2D eigenvalue weighted by atomic mass is 10.1. The van der Waals surface area contributed by atoms with E-state index in [-0.39, 0.29) is 12.5 Å². The van der Waals surface area contributed by atoms with E-state index in [1.807, 2.05) is 49.0 Å². The third-order valence-electron chi connectivity index (χ3n) is 3.01. The Morgan fingerprint density at radius 2 is 1.80 bits per heavy atom. The van der Waals surface area contributed by atoms with Crippen LogP contribution in [0.3, 0.4) is 0 Å². The average molecular weight is 266 g/mol. The van der Waals surface area contributed by atoms with Gasteiger partial charge in [0, 0.05) is 17.8 Å². The summed E-state index contributed by atoms with van der Waals surface area (Å²) in [4.78, 5) is 15.5. The second-order valence-corrected chi connectivity index (χ2v) is 4.66. The first-order chi connectivity index (χ1) is 9.60. The molecule has 0 bridgehead atoms. The van der Waals surface area contributed by atoms with Gasteiger partial charge in [0.05, 0.1) is 6.57 Å². The van der Waals surface area contributed by atoms with E-state index < -0.39 is 0 Å². The number of amides is 1. The quantitative estimate of drug-likeness (QED) is 0.673. The fraction of sp³-hybridized carbons (Fsp3) is 0.188. The third-order valence-corrected chi connectivity index (χ3v) is 3.01. The molecule has 0 saturated carbocycles. The van der Waals surface area contributed by atoms with Gasteiger partial charge in [0.2, 0.25) is 6.54 Å². The monoisotopic (exact) mass is 266 g/mol. The minimum Gasteiger partial charge on any atom is -0.320 e. The molecule has 100 valence electrons. The molecule has 0 aliphatic carbocycles. The summed E-state index contributed by atoms with van der Waals surface area (Å²) in [6, 6.07) is 9.24. The number of pyridine rings is 1. The number of aryl methyl sites for hydroxylation is 2. The molecule has 4 heteroatoms. The lowest BCUT2D eigenvalue weighted by Crippen LogP contribution is -2.39. The van der Waals surface area contributed by atoms with Crippen molar-refractivity contribution in [2.45, 2.75) is 20.4 Å². The van der Waals surface area contributed by atoms with Crippen molar-refractivity contribution in [2.24, 2.45) is 0 Å². The van der Waals surface area contributed by atoms with Crippen molar-refractivity contribution in [3.8, 4) is 0 Å². The number of benzene rings is 1. The second kappa shape index (κ2) is 5.98. The molecule has 0 spiro atoms. The highest BCUT2D eigenvalue weighted by Gasteiger charge is 2.12. The predicted molar refractivity (Wildman–Crippen MR) is 77.4 cm³/mol. The van der Waals surface area contributed by atoms with Crippen LogP contribution in [0.1, 0.15) is 11.1 Å². The molecule has 20 heavy (non-hydrogen) atoms. The molecule has 0 unspecified atom stereocenters. The summed E-state index contributed by atoms with van der Waals surface area (Å²) in [5.41, 5.74) is 3.19. The van der Waals surface area contributed by atoms with Crippen molar-refractivity contribution in [3.05, 3.63) is 65.3 Å². The largest absolute Gasteiger partial charge is 0.320 e. The van der Waals surface area contributed by atoms with Gasteiger partial charge in [-0.2, -0.15) is 4.57 Å². The zero-order chi connectivity index (χ0) is 14.5. The Labute approximate surface area is 118 Å². The number of hydrogen-bond acceptors (Lipinski definition) is 1. The van der Waals surface area contributed by atoms with E-state index in [1.54, 1.807) is 12.1 Å². The van der Waals surface area contributed by atoms with Gasteiger partial charge in [0.25, 0.3) is 5.91 Å². The Kier molecular flexibility index (Phi) is 4.11. The lowest BCUT2D eigenvalue weighted by molar-refractivity contribution is -0.684. The van der Waals surface area contributed by atoms with E-state index >= 15 is 0 Å². The van der Waals surface area contributed by atoms with E-state index in [1.165, 1.54) is 0 Å². The lowest BCUT2D eigenvalue weighted by Gasteiger charge is -2.11. The number of hydrogen-bond donors (Lipinski definition) is 1. The summed E-state index contributed by atoms with van der Waals surface area (Å²) >= 11 is 0. The van der Waals surface area contributed by atoms with Crippen LogP contribution in [0.2, 0.25) is 0 Å². The minimum absolute atomic E-state index is 0.0806. The first-order valence-corrected chi connectivity index (χ1v) is 6.33. The van der Waals surface area contributed by atoms with Gasteiger partial charge in [-0.25, -0.2) is 4.85 Å². The summed E-state index contributed by atoms with van der Waals surface area (Å²) in [5, 5.41) is 2.92. The maximum Gasteiger partial charge on any atom is 0.290 e. The second-order valence-electron chi connectivity index (χ2n) is 4.66. The van der Waals surface area contributed by atoms with Gasteiger partial charge in [-0.3, -0.25) is 4.79 Å². The molecule has 1 amide bonds. The van der Waals surface area contributed by atoms with Crippen LogP contribution in [0.15, 0.2) is 42.7 Å². The molecule has 1 N–H and O–H groups in total. The zero-order valence-electron chi connectivity index (χ0n) is 11.6. The van der Waals surface area contributed by atoms with Crippen LogP contribution >= 0.6 is 0 Å². The van der Waals surface area contributed by atoms with E-state index in [0.717, 1.165) is 16.8 Å². The molecule has 1 aromatic carbocycles. The fourth-order valence-corrected chi connectivity index (χ4v) is 2.09. The first-order valence-electron chi connectivity index (χ1n) is 6.33. The van der Waals surface area contributed by atoms with Gasteiger partial charge in [-0.05, 0) is 25.0 Å². The van der Waals surface area contributed by atoms with E-state index in [0.29, 0.717) is 5.69 Å². The SMILES string of the molecule is [C-]#[N+]c1cc(C)c(NC(=O)C[n+]2ccccc2)c(C)c1. The zero-order valence-corrected chi connectivity index (χ0v) is 11.6. The normalized spacial score (nSPS) is 9.85. The number of rotatable bonds is 3. The molecule has 0 radical (unpaired) electrons. The van der Waals surface area contributed by atoms with Crippen molar-refractivity contribution in [1.82, 2.24) is 0 Å². The Hall–Kier alpha value is -2.67. The molecule has 0 fully saturated rings. The number of carbonyl (C=O) groups is 1. The van der Waals surface area contributed by atoms with Gasteiger partial charge in [-0.15, -0.1) is 0 Å². The molecule has 1 heterocycles. The topological polar surface area (TPSA) is 37.3 Å². The smallest absolute Gasteiger partial charge is 0.290 e. The van der Waals surface area contributed by atoms with E-state index in [2.05, 4.69) is 10.2 Å². The summed E-state index contributed by atoms with van der Waals surface area (Å²) in [6.07, 6.45) is 3.70. The predicted octanol–water partition coefficient (Wildman–Crippen LogP) is 2.78. The van der Waals surface area contributed by atoms with Crippen LogP contribution < -0.4 is 9.88 Å². The molecule has 1 aromatic heterocycles. The van der Waals surface area contributed by atoms with Gasteiger partial charge in [0.15, 0.2) is 18.1 Å². The van der Waals surface area contributed by atoms with E-state index in [9.17, 15) is 4.79 Å². The summed E-state index contributed by atoms with van der Waals surface area (Å²) < 4.78 is 1.81. The number of aromatic nitrogens is 1. The standard InChI is InChI=1S/C16H15N3O/c1-12-9-14(17-3)10-13(2)16(12)18-15(20)11-19-7-5-4-6-8-19/h4-10H,11H2,1-2H3/p+1. The Morgan fingerprint density at radius 3 is 2.35 bits per heavy atom. The summed E-state index contributed by atoms with van der Waals surface area (Å²) in [6.45, 7) is 11.1. The van der Waals surface area contributed by atoms with Crippen molar-refractivity contribution in [2.75, 3.05) is 5.32 Å². The fourth-order valence-electron chi connectivity index (χ4n) is 2.09. The maximum atomic E-state index is 12.0. The molecule has 0 aliphatic rings. The van der Waals surface area contributed by atoms with Crippen LogP contribution in [0.25, 0.3) is 4.85 Å². The molecular weight excluding hydrogens is 250 g/mol. The number of nitrogens with zero attached hydrogens (tertiary/aromatic N) is 2. The molecular formula is C16H16N3O+. The molecule has 2 aromatic rings. The minimum atomic E-state index is -0.0806. The van der Waals surface area contributed by atoms with Crippen LogP contribution in [-0.2, 0) is 11.3 Å². The Bertz CT molecular complexity index is 649.